The summed E-state index contributed by atoms with van der Waals surface area (Å²) in [5, 5.41) is 2.19. The van der Waals surface area contributed by atoms with E-state index in [-0.39, 0.29) is 30.3 Å². The third-order valence-electron chi connectivity index (χ3n) is 8.64. The van der Waals surface area contributed by atoms with Crippen molar-refractivity contribution in [2.45, 2.75) is 18.6 Å². The molecule has 2 aliphatic heterocycles. The molecule has 5 aromatic rings. The number of benzene rings is 5. The van der Waals surface area contributed by atoms with E-state index in [0.717, 1.165) is 27.7 Å². The van der Waals surface area contributed by atoms with Crippen molar-refractivity contribution in [1.29, 1.82) is 0 Å². The molecule has 0 N–H and O–H groups in total. The summed E-state index contributed by atoms with van der Waals surface area (Å²) in [7, 11) is 3.94. The predicted octanol–water partition coefficient (Wildman–Crippen LogP) is 7.16. The van der Waals surface area contributed by atoms with Crippen LogP contribution in [0, 0.1) is 0 Å². The Morgan fingerprint density at radius 3 is 1.98 bits per heavy atom. The first kappa shape index (κ1) is 30.3. The highest BCUT2D eigenvalue weighted by atomic mass is 35.5. The molecule has 1 fully saturated rings. The first-order valence-corrected chi connectivity index (χ1v) is 15.8. The average Bonchev–Trinajstić information content (AvgIpc) is 3.09. The molecule has 47 heavy (non-hydrogen) atoms. The van der Waals surface area contributed by atoms with Gasteiger partial charge in [-0.2, -0.15) is 0 Å². The molecule has 5 aromatic carbocycles. The van der Waals surface area contributed by atoms with Gasteiger partial charge in [0.05, 0.1) is 6.61 Å². The summed E-state index contributed by atoms with van der Waals surface area (Å²) in [6.45, 7) is 0.562. The molecular formula is C38H32ClN3O5. The van der Waals surface area contributed by atoms with Gasteiger partial charge in [0.25, 0.3) is 17.7 Å². The average molecular weight is 646 g/mol. The van der Waals surface area contributed by atoms with Crippen LogP contribution in [0.1, 0.15) is 38.7 Å². The molecule has 8 nitrogen and oxygen atoms in total. The van der Waals surface area contributed by atoms with E-state index in [9.17, 15) is 14.4 Å². The molecule has 7 rings (SSSR count). The normalized spacial score (nSPS) is 17.1. The van der Waals surface area contributed by atoms with Crippen molar-refractivity contribution in [2.75, 3.05) is 37.0 Å². The number of carbonyl (C=O) groups excluding carboxylic acids is 3. The highest BCUT2D eigenvalue weighted by Crippen LogP contribution is 2.42. The third-order valence-corrected chi connectivity index (χ3v) is 8.89. The van der Waals surface area contributed by atoms with Gasteiger partial charge < -0.3 is 14.4 Å². The second kappa shape index (κ2) is 12.5. The highest BCUT2D eigenvalue weighted by Gasteiger charge is 2.51. The second-order valence-electron chi connectivity index (χ2n) is 11.8. The fourth-order valence-electron chi connectivity index (χ4n) is 6.22. The zero-order chi connectivity index (χ0) is 32.7. The molecule has 0 aromatic heterocycles. The molecule has 0 bridgehead atoms. The Hall–Kier alpha value is -5.34. The molecule has 1 saturated heterocycles. The van der Waals surface area contributed by atoms with E-state index < -0.39 is 6.10 Å². The van der Waals surface area contributed by atoms with Gasteiger partial charge in [0, 0.05) is 53.6 Å². The Labute approximate surface area is 277 Å². The van der Waals surface area contributed by atoms with Crippen LogP contribution in [-0.4, -0.2) is 56.0 Å². The smallest absolute Gasteiger partial charge is 0.271 e. The number of β-lactam (4-membered cyclic amide) rings is 1. The zero-order valence-electron chi connectivity index (χ0n) is 25.9. The van der Waals surface area contributed by atoms with E-state index in [1.807, 2.05) is 91.8 Å². The Morgan fingerprint density at radius 1 is 0.745 bits per heavy atom. The van der Waals surface area contributed by atoms with Gasteiger partial charge >= 0.3 is 0 Å². The number of hydrogen-bond donors (Lipinski definition) is 0. The number of imide groups is 1. The van der Waals surface area contributed by atoms with Gasteiger partial charge in [0.15, 0.2) is 0 Å². The first-order valence-electron chi connectivity index (χ1n) is 15.4. The number of ether oxygens (including phenoxy) is 2. The molecule has 2 heterocycles. The van der Waals surface area contributed by atoms with Crippen LogP contribution in [0.3, 0.4) is 0 Å². The number of amides is 3. The highest BCUT2D eigenvalue weighted by molar-refractivity contribution is 6.30. The summed E-state index contributed by atoms with van der Waals surface area (Å²) in [4.78, 5) is 44.9. The van der Waals surface area contributed by atoms with E-state index >= 15 is 0 Å². The molecule has 0 spiro atoms. The number of halogens is 1. The van der Waals surface area contributed by atoms with Gasteiger partial charge in [-0.15, -0.1) is 0 Å². The van der Waals surface area contributed by atoms with Crippen LogP contribution in [-0.2, 0) is 4.79 Å². The maximum absolute atomic E-state index is 13.5. The number of hydrogen-bond acceptors (Lipinski definition) is 6. The summed E-state index contributed by atoms with van der Waals surface area (Å²) in [6, 6.07) is 33.1. The van der Waals surface area contributed by atoms with Crippen LogP contribution in [0.25, 0.3) is 10.8 Å². The van der Waals surface area contributed by atoms with Crippen molar-refractivity contribution in [3.8, 4) is 11.5 Å². The molecule has 9 heteroatoms. The lowest BCUT2D eigenvalue weighted by Crippen LogP contribution is -2.61. The summed E-state index contributed by atoms with van der Waals surface area (Å²) < 4.78 is 12.2. The Kier molecular flexibility index (Phi) is 8.03. The maximum Gasteiger partial charge on any atom is 0.271 e. The van der Waals surface area contributed by atoms with Gasteiger partial charge in [0.2, 0.25) is 6.10 Å². The molecule has 2 atom stereocenters. The molecule has 0 aliphatic carbocycles. The summed E-state index contributed by atoms with van der Waals surface area (Å²) in [5.41, 5.74) is 3.80. The van der Waals surface area contributed by atoms with Crippen molar-refractivity contribution in [2.24, 2.45) is 0 Å². The quantitative estimate of drug-likeness (QED) is 0.0911. The number of nitrogens with zero attached hydrogens (tertiary/aromatic N) is 3. The van der Waals surface area contributed by atoms with Gasteiger partial charge in [-0.1, -0.05) is 48.0 Å². The number of anilines is 2. The molecular weight excluding hydrogens is 614 g/mol. The lowest BCUT2D eigenvalue weighted by molar-refractivity contribution is -0.135. The van der Waals surface area contributed by atoms with E-state index in [1.54, 1.807) is 41.3 Å². The van der Waals surface area contributed by atoms with Gasteiger partial charge in [-0.3, -0.25) is 24.2 Å². The lowest BCUT2D eigenvalue weighted by Gasteiger charge is -2.46. The Morgan fingerprint density at radius 2 is 1.36 bits per heavy atom. The predicted molar refractivity (Wildman–Crippen MR) is 183 cm³/mol. The van der Waals surface area contributed by atoms with Crippen molar-refractivity contribution >= 4 is 51.5 Å². The Bertz CT molecular complexity index is 1930. The van der Waals surface area contributed by atoms with Crippen molar-refractivity contribution in [1.82, 2.24) is 4.90 Å². The third kappa shape index (κ3) is 5.66. The number of rotatable bonds is 10. The van der Waals surface area contributed by atoms with Gasteiger partial charge in [-0.05, 0) is 90.2 Å². The van der Waals surface area contributed by atoms with E-state index in [1.165, 1.54) is 4.90 Å². The van der Waals surface area contributed by atoms with Crippen molar-refractivity contribution in [3.05, 3.63) is 131 Å². The fraction of sp³-hybridized carbons (Fsp3) is 0.184. The SMILES string of the molecule is CN(C)c1ccc(N2C(=O)C(Oc3ccc(Cl)cc3)C2c2ccc(OCCCN3C(=O)c4cccc5cccc(c45)C3=O)cc2)cc1. The van der Waals surface area contributed by atoms with Gasteiger partial charge in [-0.25, -0.2) is 0 Å². The minimum Gasteiger partial charge on any atom is -0.494 e. The summed E-state index contributed by atoms with van der Waals surface area (Å²) >= 11 is 6.05. The number of carbonyl (C=O) groups is 3. The zero-order valence-corrected chi connectivity index (χ0v) is 26.7. The monoisotopic (exact) mass is 645 g/mol. The molecule has 0 saturated carbocycles. The fourth-order valence-corrected chi connectivity index (χ4v) is 6.34. The first-order chi connectivity index (χ1) is 22.8. The molecule has 0 radical (unpaired) electrons. The van der Waals surface area contributed by atoms with Crippen LogP contribution in [0.4, 0.5) is 11.4 Å². The minimum atomic E-state index is -0.716. The minimum absolute atomic E-state index is 0.136. The lowest BCUT2D eigenvalue weighted by atomic mass is 9.89. The van der Waals surface area contributed by atoms with E-state index in [4.69, 9.17) is 21.1 Å². The summed E-state index contributed by atoms with van der Waals surface area (Å²) in [6.07, 6.45) is -0.241. The maximum atomic E-state index is 13.5. The second-order valence-corrected chi connectivity index (χ2v) is 12.2. The molecule has 2 aliphatic rings. The standard InChI is InChI=1S/C38H32ClN3O5/c1-40(2)27-14-16-28(17-15-27)42-34(35(38(42)45)47-30-20-12-26(39)13-21-30)25-10-18-29(19-11-25)46-23-5-22-41-36(43)31-8-3-6-24-7-4-9-32(33(24)31)37(41)44/h3-4,6-21,34-35H,5,22-23H2,1-2H3. The van der Waals surface area contributed by atoms with Crippen molar-refractivity contribution < 1.29 is 23.9 Å². The molecule has 2 unspecified atom stereocenters. The topological polar surface area (TPSA) is 79.4 Å². The largest absolute Gasteiger partial charge is 0.494 e. The van der Waals surface area contributed by atoms with Crippen LogP contribution in [0.5, 0.6) is 11.5 Å². The van der Waals surface area contributed by atoms with Crippen molar-refractivity contribution in [3.63, 3.8) is 0 Å². The molecule has 3 amide bonds. The van der Waals surface area contributed by atoms with Crippen LogP contribution < -0.4 is 19.3 Å². The Balaban J connectivity index is 1.03. The van der Waals surface area contributed by atoms with E-state index in [2.05, 4.69) is 0 Å². The van der Waals surface area contributed by atoms with Crippen LogP contribution in [0.2, 0.25) is 5.02 Å². The van der Waals surface area contributed by atoms with Gasteiger partial charge in [0.1, 0.15) is 17.5 Å². The summed E-state index contributed by atoms with van der Waals surface area (Å²) in [5.74, 6) is 0.502. The van der Waals surface area contributed by atoms with Crippen LogP contribution >= 0.6 is 11.6 Å². The van der Waals surface area contributed by atoms with Crippen LogP contribution in [0.15, 0.2) is 109 Å². The van der Waals surface area contributed by atoms with E-state index in [0.29, 0.717) is 40.7 Å². The molecule has 236 valence electrons.